The van der Waals surface area contributed by atoms with Crippen LogP contribution in [0.1, 0.15) is 16.8 Å². The average Bonchev–Trinajstić information content (AvgIpc) is 2.55. The number of aromatic nitrogens is 1. The Balaban J connectivity index is 1.90. The summed E-state index contributed by atoms with van der Waals surface area (Å²) in [6.07, 6.45) is 2.45. The van der Waals surface area contributed by atoms with Crippen molar-refractivity contribution in [3.05, 3.63) is 52.1 Å². The summed E-state index contributed by atoms with van der Waals surface area (Å²) in [6.45, 7) is 1.57. The lowest BCUT2D eigenvalue weighted by Crippen LogP contribution is -2.27. The third kappa shape index (κ3) is 5.67. The molecule has 0 fully saturated rings. The van der Waals surface area contributed by atoms with E-state index in [4.69, 9.17) is 23.2 Å². The van der Waals surface area contributed by atoms with Gasteiger partial charge in [-0.15, -0.1) is 0 Å². The van der Waals surface area contributed by atoms with E-state index in [1.54, 1.807) is 36.5 Å². The number of hydrogen-bond donors (Lipinski definition) is 2. The number of anilines is 2. The van der Waals surface area contributed by atoms with Crippen molar-refractivity contribution < 1.29 is 4.79 Å². The molecular weight excluding hydrogens is 347 g/mol. The maximum atomic E-state index is 12.0. The van der Waals surface area contributed by atoms with Crippen LogP contribution in [0.5, 0.6) is 0 Å². The van der Waals surface area contributed by atoms with Crippen LogP contribution in [0.4, 0.5) is 11.5 Å². The second-order valence-corrected chi connectivity index (χ2v) is 6.41. The molecule has 0 saturated carbocycles. The molecule has 0 saturated heterocycles. The van der Waals surface area contributed by atoms with Gasteiger partial charge >= 0.3 is 0 Å². The molecule has 1 amide bonds. The van der Waals surface area contributed by atoms with E-state index in [1.165, 1.54) is 0 Å². The number of carbonyl (C=O) groups is 1. The van der Waals surface area contributed by atoms with E-state index < -0.39 is 0 Å². The van der Waals surface area contributed by atoms with Gasteiger partial charge in [0.2, 0.25) is 0 Å². The van der Waals surface area contributed by atoms with Gasteiger partial charge in [-0.1, -0.05) is 23.2 Å². The normalized spacial score (nSPS) is 10.7. The Morgan fingerprint density at radius 1 is 1.17 bits per heavy atom. The minimum Gasteiger partial charge on any atom is -0.352 e. The Bertz CT molecular complexity index is 689. The summed E-state index contributed by atoms with van der Waals surface area (Å²) in [4.78, 5) is 18.4. The first kappa shape index (κ1) is 18.5. The second-order valence-electron chi connectivity index (χ2n) is 5.60. The molecule has 1 aromatic heterocycles. The van der Waals surface area contributed by atoms with Crippen molar-refractivity contribution in [2.75, 3.05) is 32.5 Å². The predicted octanol–water partition coefficient (Wildman–Crippen LogP) is 3.81. The van der Waals surface area contributed by atoms with Gasteiger partial charge in [0.25, 0.3) is 5.91 Å². The fraction of sp³-hybridized carbons (Fsp3) is 0.294. The van der Waals surface area contributed by atoms with Crippen molar-refractivity contribution in [3.63, 3.8) is 0 Å². The molecular formula is C17H20Cl2N4O. The van der Waals surface area contributed by atoms with Crippen molar-refractivity contribution in [1.29, 1.82) is 0 Å². The highest BCUT2D eigenvalue weighted by Crippen LogP contribution is 2.26. The van der Waals surface area contributed by atoms with Gasteiger partial charge in [-0.2, -0.15) is 0 Å². The van der Waals surface area contributed by atoms with E-state index in [0.29, 0.717) is 28.0 Å². The molecule has 0 radical (unpaired) electrons. The molecule has 0 aliphatic carbocycles. The van der Waals surface area contributed by atoms with E-state index in [2.05, 4.69) is 20.5 Å². The van der Waals surface area contributed by atoms with E-state index in [-0.39, 0.29) is 5.91 Å². The number of rotatable bonds is 7. The van der Waals surface area contributed by atoms with Gasteiger partial charge in [-0.05, 0) is 57.4 Å². The van der Waals surface area contributed by atoms with Crippen LogP contribution in [0.15, 0.2) is 36.5 Å². The minimum atomic E-state index is -0.123. The summed E-state index contributed by atoms with van der Waals surface area (Å²) in [5.41, 5.74) is 1.30. The van der Waals surface area contributed by atoms with Crippen LogP contribution in [0.25, 0.3) is 0 Å². The number of halogens is 2. The third-order valence-corrected chi connectivity index (χ3v) is 4.02. The standard InChI is InChI=1S/C17H20Cl2N4O/c1-23(2)9-3-8-20-17(24)12-4-7-16(21-11-12)22-13-5-6-14(18)15(19)10-13/h4-7,10-11H,3,8-9H2,1-2H3,(H,20,24)(H,21,22). The van der Waals surface area contributed by atoms with E-state index in [0.717, 1.165) is 18.7 Å². The molecule has 1 aromatic carbocycles. The van der Waals surface area contributed by atoms with Crippen LogP contribution in [0, 0.1) is 0 Å². The van der Waals surface area contributed by atoms with Gasteiger partial charge in [0.15, 0.2) is 0 Å². The fourth-order valence-corrected chi connectivity index (χ4v) is 2.32. The first-order valence-electron chi connectivity index (χ1n) is 7.57. The topological polar surface area (TPSA) is 57.3 Å². The summed E-state index contributed by atoms with van der Waals surface area (Å²) < 4.78 is 0. The summed E-state index contributed by atoms with van der Waals surface area (Å²) in [5, 5.41) is 6.96. The molecule has 128 valence electrons. The highest BCUT2D eigenvalue weighted by Gasteiger charge is 2.06. The first-order chi connectivity index (χ1) is 11.5. The quantitative estimate of drug-likeness (QED) is 0.731. The number of benzene rings is 1. The molecule has 1 heterocycles. The van der Waals surface area contributed by atoms with Crippen molar-refractivity contribution in [2.24, 2.45) is 0 Å². The molecule has 0 aliphatic rings. The van der Waals surface area contributed by atoms with Crippen molar-refractivity contribution >= 4 is 40.6 Å². The summed E-state index contributed by atoms with van der Waals surface area (Å²) >= 11 is 11.9. The largest absolute Gasteiger partial charge is 0.352 e. The fourth-order valence-electron chi connectivity index (χ4n) is 2.02. The second kappa shape index (κ2) is 8.87. The lowest BCUT2D eigenvalue weighted by atomic mass is 10.2. The molecule has 24 heavy (non-hydrogen) atoms. The van der Waals surface area contributed by atoms with Gasteiger partial charge in [-0.3, -0.25) is 4.79 Å². The maximum absolute atomic E-state index is 12.0. The van der Waals surface area contributed by atoms with Gasteiger partial charge in [0.1, 0.15) is 5.82 Å². The summed E-state index contributed by atoms with van der Waals surface area (Å²) in [7, 11) is 4.01. The molecule has 2 rings (SSSR count). The molecule has 0 unspecified atom stereocenters. The lowest BCUT2D eigenvalue weighted by Gasteiger charge is -2.10. The number of nitrogens with one attached hydrogen (secondary N) is 2. The Hall–Kier alpha value is -1.82. The monoisotopic (exact) mass is 366 g/mol. The Morgan fingerprint density at radius 2 is 1.96 bits per heavy atom. The van der Waals surface area contributed by atoms with Gasteiger partial charge < -0.3 is 15.5 Å². The minimum absolute atomic E-state index is 0.123. The van der Waals surface area contributed by atoms with E-state index in [9.17, 15) is 4.79 Å². The highest BCUT2D eigenvalue weighted by atomic mass is 35.5. The summed E-state index contributed by atoms with van der Waals surface area (Å²) in [6, 6.07) is 8.71. The van der Waals surface area contributed by atoms with Gasteiger partial charge in [0, 0.05) is 18.4 Å². The van der Waals surface area contributed by atoms with Crippen LogP contribution in [-0.4, -0.2) is 43.0 Å². The van der Waals surface area contributed by atoms with E-state index in [1.807, 2.05) is 14.1 Å². The third-order valence-electron chi connectivity index (χ3n) is 3.29. The predicted molar refractivity (Wildman–Crippen MR) is 99.5 cm³/mol. The number of pyridine rings is 1. The smallest absolute Gasteiger partial charge is 0.252 e. The SMILES string of the molecule is CN(C)CCCNC(=O)c1ccc(Nc2ccc(Cl)c(Cl)c2)nc1. The Kier molecular flexibility index (Phi) is 6.85. The molecule has 0 spiro atoms. The number of amides is 1. The van der Waals surface area contributed by atoms with Crippen LogP contribution in [0.3, 0.4) is 0 Å². The van der Waals surface area contributed by atoms with Crippen LogP contribution in [-0.2, 0) is 0 Å². The average molecular weight is 367 g/mol. The number of carbonyl (C=O) groups excluding carboxylic acids is 1. The molecule has 2 aromatic rings. The van der Waals surface area contributed by atoms with Crippen molar-refractivity contribution in [3.8, 4) is 0 Å². The summed E-state index contributed by atoms with van der Waals surface area (Å²) in [5.74, 6) is 0.500. The molecule has 5 nitrogen and oxygen atoms in total. The first-order valence-corrected chi connectivity index (χ1v) is 8.32. The molecule has 0 atom stereocenters. The zero-order valence-corrected chi connectivity index (χ0v) is 15.2. The zero-order valence-electron chi connectivity index (χ0n) is 13.6. The number of nitrogens with zero attached hydrogens (tertiary/aromatic N) is 2. The van der Waals surface area contributed by atoms with Gasteiger partial charge in [0.05, 0.1) is 15.6 Å². The Labute approximate surface area is 152 Å². The van der Waals surface area contributed by atoms with Crippen molar-refractivity contribution in [2.45, 2.75) is 6.42 Å². The van der Waals surface area contributed by atoms with Crippen molar-refractivity contribution in [1.82, 2.24) is 15.2 Å². The molecule has 0 aliphatic heterocycles. The maximum Gasteiger partial charge on any atom is 0.252 e. The van der Waals surface area contributed by atoms with Crippen LogP contribution >= 0.6 is 23.2 Å². The zero-order chi connectivity index (χ0) is 17.5. The highest BCUT2D eigenvalue weighted by molar-refractivity contribution is 6.42. The van der Waals surface area contributed by atoms with E-state index >= 15 is 0 Å². The molecule has 2 N–H and O–H groups in total. The van der Waals surface area contributed by atoms with Crippen LogP contribution in [0.2, 0.25) is 10.0 Å². The molecule has 7 heteroatoms. The number of hydrogen-bond acceptors (Lipinski definition) is 4. The molecule has 0 bridgehead atoms. The van der Waals surface area contributed by atoms with Crippen LogP contribution < -0.4 is 10.6 Å². The Morgan fingerprint density at radius 3 is 2.58 bits per heavy atom. The lowest BCUT2D eigenvalue weighted by molar-refractivity contribution is 0.0952. The van der Waals surface area contributed by atoms with Gasteiger partial charge in [-0.25, -0.2) is 4.98 Å².